The minimum atomic E-state index is -0.442. The summed E-state index contributed by atoms with van der Waals surface area (Å²) < 4.78 is 18.4. The van der Waals surface area contributed by atoms with E-state index in [0.29, 0.717) is 40.8 Å². The first-order chi connectivity index (χ1) is 15.9. The maximum Gasteiger partial charge on any atom is 0.260 e. The van der Waals surface area contributed by atoms with Crippen molar-refractivity contribution in [1.82, 2.24) is 9.88 Å². The molecule has 0 aliphatic rings. The monoisotopic (exact) mass is 475 g/mol. The first-order valence-corrected chi connectivity index (χ1v) is 11.1. The van der Waals surface area contributed by atoms with Crippen LogP contribution >= 0.6 is 11.6 Å². The van der Waals surface area contributed by atoms with Gasteiger partial charge in [-0.25, -0.2) is 9.37 Å². The van der Waals surface area contributed by atoms with Crippen LogP contribution in [-0.2, 0) is 0 Å². The van der Waals surface area contributed by atoms with E-state index in [1.165, 1.54) is 24.8 Å². The van der Waals surface area contributed by atoms with Crippen LogP contribution in [-0.4, -0.2) is 41.4 Å². The van der Waals surface area contributed by atoms with E-state index in [1.54, 1.807) is 23.1 Å². The number of rotatable bonds is 11. The number of aromatic nitrogens is 1. The van der Waals surface area contributed by atoms with Gasteiger partial charge in [-0.2, -0.15) is 5.10 Å². The van der Waals surface area contributed by atoms with Gasteiger partial charge in [0.2, 0.25) is 5.88 Å². The van der Waals surface area contributed by atoms with Crippen LogP contribution in [0.25, 0.3) is 0 Å². The van der Waals surface area contributed by atoms with Gasteiger partial charge in [0.25, 0.3) is 5.91 Å². The molecule has 1 aromatic heterocycles. The molecule has 0 bridgehead atoms. The summed E-state index contributed by atoms with van der Waals surface area (Å²) in [5.74, 6) is -0.429. The molecule has 0 saturated carbocycles. The smallest absolute Gasteiger partial charge is 0.260 e. The van der Waals surface area contributed by atoms with Gasteiger partial charge in [0.05, 0.1) is 30.3 Å². The Labute approximate surface area is 199 Å². The van der Waals surface area contributed by atoms with Crippen molar-refractivity contribution in [2.45, 2.75) is 40.0 Å². The zero-order valence-electron chi connectivity index (χ0n) is 19.3. The first-order valence-electron chi connectivity index (χ1n) is 10.7. The molecule has 0 unspecified atom stereocenters. The number of halogens is 2. The molecule has 0 aliphatic heterocycles. The number of ether oxygens (including phenoxy) is 1. The Balaban J connectivity index is 0.00000172. The quantitative estimate of drug-likeness (QED) is 0.300. The Hall–Kier alpha value is -3.26. The average Bonchev–Trinajstić information content (AvgIpc) is 2.80. The highest BCUT2D eigenvalue weighted by Crippen LogP contribution is 2.24. The lowest BCUT2D eigenvalue weighted by atomic mass is 10.1. The summed E-state index contributed by atoms with van der Waals surface area (Å²) in [6.07, 6.45) is 5.70. The molecule has 0 spiro atoms. The van der Waals surface area contributed by atoms with Crippen LogP contribution < -0.4 is 10.2 Å². The number of carbonyl (C=O) groups is 1. The standard InChI is InChI=1S/C21H23ClFN5O2.C3H8/c1-3-11-28(15(2)8-12-30-20-7-5-17(23)14-25-20)21(29)18-13-16(22)4-6-19(18)27-26-10-9-24;1-3-2/h4-7,9-10,13-14,24,27H,2-3,8,11-12H2,1H3;3H2,1-2H3/b24-9?,26-10-;. The Morgan fingerprint density at radius 2 is 2.06 bits per heavy atom. The van der Waals surface area contributed by atoms with Crippen molar-refractivity contribution in [1.29, 1.82) is 5.41 Å². The van der Waals surface area contributed by atoms with Crippen LogP contribution in [0.15, 0.2) is 53.9 Å². The Morgan fingerprint density at radius 1 is 1.33 bits per heavy atom. The maximum atomic E-state index is 13.2. The number of anilines is 1. The molecule has 2 aromatic rings. The predicted molar refractivity (Wildman–Crippen MR) is 133 cm³/mol. The van der Waals surface area contributed by atoms with Gasteiger partial charge in [-0.15, -0.1) is 0 Å². The molecule has 2 N–H and O–H groups in total. The second kappa shape index (κ2) is 15.5. The third-order valence-corrected chi connectivity index (χ3v) is 4.20. The molecular weight excluding hydrogens is 445 g/mol. The summed E-state index contributed by atoms with van der Waals surface area (Å²) in [5.41, 5.74) is 4.11. The molecule has 7 nitrogen and oxygen atoms in total. The van der Waals surface area contributed by atoms with E-state index in [9.17, 15) is 9.18 Å². The second-order valence-corrected chi connectivity index (χ2v) is 7.33. The molecule has 33 heavy (non-hydrogen) atoms. The maximum absolute atomic E-state index is 13.2. The molecule has 0 saturated heterocycles. The van der Waals surface area contributed by atoms with Crippen LogP contribution in [0.1, 0.15) is 50.4 Å². The van der Waals surface area contributed by atoms with Gasteiger partial charge >= 0.3 is 0 Å². The minimum Gasteiger partial charge on any atom is -0.477 e. The SMILES string of the molecule is C=C(CCOc1ccc(F)cn1)N(CCC)C(=O)c1cc(Cl)ccc1N/N=C\C=N.CCC. The molecule has 0 fully saturated rings. The Morgan fingerprint density at radius 3 is 2.67 bits per heavy atom. The van der Waals surface area contributed by atoms with Crippen molar-refractivity contribution in [2.75, 3.05) is 18.6 Å². The van der Waals surface area contributed by atoms with Gasteiger partial charge in [-0.3, -0.25) is 10.2 Å². The molecule has 0 atom stereocenters. The number of amides is 1. The minimum absolute atomic E-state index is 0.231. The lowest BCUT2D eigenvalue weighted by Crippen LogP contribution is -2.32. The van der Waals surface area contributed by atoms with Crippen molar-refractivity contribution in [3.63, 3.8) is 0 Å². The van der Waals surface area contributed by atoms with Gasteiger partial charge in [0.1, 0.15) is 5.82 Å². The number of hydrazone groups is 1. The number of carbonyl (C=O) groups excluding carboxylic acids is 1. The van der Waals surface area contributed by atoms with Crippen molar-refractivity contribution < 1.29 is 13.9 Å². The zero-order chi connectivity index (χ0) is 24.6. The van der Waals surface area contributed by atoms with E-state index in [1.807, 2.05) is 6.92 Å². The highest BCUT2D eigenvalue weighted by atomic mass is 35.5. The van der Waals surface area contributed by atoms with E-state index in [0.717, 1.165) is 18.8 Å². The van der Waals surface area contributed by atoms with Crippen molar-refractivity contribution >= 4 is 35.6 Å². The summed E-state index contributed by atoms with van der Waals surface area (Å²) in [7, 11) is 0. The second-order valence-electron chi connectivity index (χ2n) is 6.89. The fourth-order valence-electron chi connectivity index (χ4n) is 2.56. The molecule has 1 amide bonds. The van der Waals surface area contributed by atoms with Crippen molar-refractivity contribution in [3.8, 4) is 5.88 Å². The number of hydrogen-bond donors (Lipinski definition) is 2. The fourth-order valence-corrected chi connectivity index (χ4v) is 2.74. The number of hydrogen-bond acceptors (Lipinski definition) is 6. The molecular formula is C24H31ClFN5O2. The third kappa shape index (κ3) is 9.82. The van der Waals surface area contributed by atoms with Gasteiger partial charge in [0.15, 0.2) is 0 Å². The number of benzene rings is 1. The number of nitrogens with one attached hydrogen (secondary N) is 2. The highest BCUT2D eigenvalue weighted by molar-refractivity contribution is 6.31. The van der Waals surface area contributed by atoms with Crippen LogP contribution in [0.2, 0.25) is 5.02 Å². The normalized spacial score (nSPS) is 10.2. The van der Waals surface area contributed by atoms with E-state index in [4.69, 9.17) is 21.7 Å². The molecule has 0 aliphatic carbocycles. The molecule has 2 rings (SSSR count). The van der Waals surface area contributed by atoms with Crippen LogP contribution in [0.5, 0.6) is 5.88 Å². The van der Waals surface area contributed by atoms with Crippen LogP contribution in [0, 0.1) is 11.2 Å². The lowest BCUT2D eigenvalue weighted by Gasteiger charge is -2.25. The van der Waals surface area contributed by atoms with Gasteiger partial charge in [0, 0.05) is 36.0 Å². The Bertz CT molecular complexity index is 935. The van der Waals surface area contributed by atoms with E-state index in [-0.39, 0.29) is 12.5 Å². The summed E-state index contributed by atoms with van der Waals surface area (Å²) in [6.45, 7) is 10.9. The van der Waals surface area contributed by atoms with E-state index in [2.05, 4.69) is 35.9 Å². The third-order valence-electron chi connectivity index (χ3n) is 3.96. The number of nitrogens with zero attached hydrogens (tertiary/aromatic N) is 3. The molecule has 1 heterocycles. The van der Waals surface area contributed by atoms with Crippen molar-refractivity contribution in [2.24, 2.45) is 5.10 Å². The summed E-state index contributed by atoms with van der Waals surface area (Å²) >= 11 is 6.10. The average molecular weight is 476 g/mol. The van der Waals surface area contributed by atoms with Gasteiger partial charge in [-0.1, -0.05) is 45.4 Å². The predicted octanol–water partition coefficient (Wildman–Crippen LogP) is 6.17. The van der Waals surface area contributed by atoms with E-state index >= 15 is 0 Å². The molecule has 178 valence electrons. The van der Waals surface area contributed by atoms with Crippen LogP contribution in [0.4, 0.5) is 10.1 Å². The lowest BCUT2D eigenvalue weighted by molar-refractivity contribution is 0.0799. The highest BCUT2D eigenvalue weighted by Gasteiger charge is 2.21. The summed E-state index contributed by atoms with van der Waals surface area (Å²) in [5, 5.41) is 11.3. The fraction of sp³-hybridized carbons (Fsp3) is 0.333. The van der Waals surface area contributed by atoms with E-state index < -0.39 is 5.82 Å². The molecule has 1 aromatic carbocycles. The molecule has 0 radical (unpaired) electrons. The number of pyridine rings is 1. The summed E-state index contributed by atoms with van der Waals surface area (Å²) in [4.78, 5) is 18.6. The Kier molecular flexibility index (Phi) is 13.1. The topological polar surface area (TPSA) is 90.7 Å². The first kappa shape index (κ1) is 27.8. The van der Waals surface area contributed by atoms with Crippen molar-refractivity contribution in [3.05, 3.63) is 65.2 Å². The zero-order valence-corrected chi connectivity index (χ0v) is 20.0. The van der Waals surface area contributed by atoms with Gasteiger partial charge in [-0.05, 0) is 30.7 Å². The summed E-state index contributed by atoms with van der Waals surface area (Å²) in [6, 6.07) is 7.54. The van der Waals surface area contributed by atoms with Gasteiger partial charge < -0.3 is 15.0 Å². The largest absolute Gasteiger partial charge is 0.477 e. The van der Waals surface area contributed by atoms with Crippen LogP contribution in [0.3, 0.4) is 0 Å². The molecule has 9 heteroatoms.